The van der Waals surface area contributed by atoms with Crippen LogP contribution in [-0.4, -0.2) is 52.0 Å². The fourth-order valence-corrected chi connectivity index (χ4v) is 3.34. The normalized spacial score (nSPS) is 22.4. The number of carbonyl (C=O) groups excluding carboxylic acids is 1. The first-order valence-electron chi connectivity index (χ1n) is 9.07. The van der Waals surface area contributed by atoms with Crippen molar-refractivity contribution in [2.24, 2.45) is 0 Å². The van der Waals surface area contributed by atoms with Gasteiger partial charge in [0.1, 0.15) is 32.7 Å². The van der Waals surface area contributed by atoms with Crippen LogP contribution in [0.4, 0.5) is 0 Å². The van der Waals surface area contributed by atoms with Crippen LogP contribution < -0.4 is 24.6 Å². The standard InChI is InChI=1S/C18H27N3O3/c1-2-3-6-19-18(22)13-21-9-7-20(8-10-21)12-15-4-5-16-17(11-15)24-14-23-16/h4-5,11H,2-3,6-10,12-14H2,1H3,(H,19,22)/p+2. The SMILES string of the molecule is CCCCNC(=O)C[NH+]1CC[NH+](Cc2ccc3c(c2)OCO3)CC1. The van der Waals surface area contributed by atoms with E-state index >= 15 is 0 Å². The molecule has 0 saturated carbocycles. The third-order valence-corrected chi connectivity index (χ3v) is 4.82. The van der Waals surface area contributed by atoms with Crippen molar-refractivity contribution in [3.8, 4) is 11.5 Å². The Kier molecular flexibility index (Phi) is 5.93. The second-order valence-electron chi connectivity index (χ2n) is 6.74. The van der Waals surface area contributed by atoms with Crippen LogP contribution in [0.15, 0.2) is 18.2 Å². The topological polar surface area (TPSA) is 56.4 Å². The number of quaternary nitrogens is 2. The molecule has 1 saturated heterocycles. The maximum atomic E-state index is 11.9. The van der Waals surface area contributed by atoms with Crippen LogP contribution in [0, 0.1) is 0 Å². The fraction of sp³-hybridized carbons (Fsp3) is 0.611. The van der Waals surface area contributed by atoms with Gasteiger partial charge in [0.2, 0.25) is 6.79 Å². The van der Waals surface area contributed by atoms with Crippen molar-refractivity contribution in [2.75, 3.05) is 46.1 Å². The molecular formula is C18H29N3O3+2. The highest BCUT2D eigenvalue weighted by Gasteiger charge is 2.25. The minimum atomic E-state index is 0.192. The predicted molar refractivity (Wildman–Crippen MR) is 90.4 cm³/mol. The molecule has 0 spiro atoms. The first kappa shape index (κ1) is 17.0. The molecule has 0 atom stereocenters. The van der Waals surface area contributed by atoms with Crippen LogP contribution in [-0.2, 0) is 11.3 Å². The monoisotopic (exact) mass is 335 g/mol. The Bertz CT molecular complexity index is 556. The second-order valence-corrected chi connectivity index (χ2v) is 6.74. The first-order chi connectivity index (χ1) is 11.7. The number of unbranched alkanes of at least 4 members (excludes halogenated alkanes) is 1. The Hall–Kier alpha value is -1.79. The van der Waals surface area contributed by atoms with Gasteiger partial charge in [0.15, 0.2) is 18.0 Å². The summed E-state index contributed by atoms with van der Waals surface area (Å²) in [5.74, 6) is 1.90. The molecule has 2 aliphatic heterocycles. The highest BCUT2D eigenvalue weighted by molar-refractivity contribution is 5.76. The molecule has 6 heteroatoms. The number of piperazine rings is 1. The fourth-order valence-electron chi connectivity index (χ4n) is 3.34. The number of ether oxygens (including phenoxy) is 2. The van der Waals surface area contributed by atoms with Crippen molar-refractivity contribution in [1.29, 1.82) is 0 Å². The van der Waals surface area contributed by atoms with E-state index in [1.165, 1.54) is 10.5 Å². The number of amides is 1. The average molecular weight is 335 g/mol. The summed E-state index contributed by atoms with van der Waals surface area (Å²) in [5, 5.41) is 3.01. The largest absolute Gasteiger partial charge is 0.454 e. The molecule has 3 N–H and O–H groups in total. The molecule has 132 valence electrons. The predicted octanol–water partition coefficient (Wildman–Crippen LogP) is -1.38. The molecule has 0 radical (unpaired) electrons. The van der Waals surface area contributed by atoms with Crippen molar-refractivity contribution < 1.29 is 24.1 Å². The molecule has 0 unspecified atom stereocenters. The van der Waals surface area contributed by atoms with Crippen molar-refractivity contribution in [3.05, 3.63) is 23.8 Å². The summed E-state index contributed by atoms with van der Waals surface area (Å²) in [5.41, 5.74) is 1.29. The van der Waals surface area contributed by atoms with Crippen LogP contribution in [0.3, 0.4) is 0 Å². The van der Waals surface area contributed by atoms with Crippen LogP contribution in [0.25, 0.3) is 0 Å². The number of nitrogens with one attached hydrogen (secondary N) is 3. The third-order valence-electron chi connectivity index (χ3n) is 4.82. The van der Waals surface area contributed by atoms with Crippen LogP contribution >= 0.6 is 0 Å². The van der Waals surface area contributed by atoms with E-state index in [4.69, 9.17) is 9.47 Å². The molecule has 1 fully saturated rings. The summed E-state index contributed by atoms with van der Waals surface area (Å²) in [7, 11) is 0. The van der Waals surface area contributed by atoms with Gasteiger partial charge in [0.05, 0.1) is 0 Å². The van der Waals surface area contributed by atoms with E-state index in [1.807, 2.05) is 6.07 Å². The van der Waals surface area contributed by atoms with Gasteiger partial charge in [0.25, 0.3) is 5.91 Å². The maximum Gasteiger partial charge on any atom is 0.275 e. The molecule has 0 bridgehead atoms. The van der Waals surface area contributed by atoms with Crippen LogP contribution in [0.2, 0.25) is 0 Å². The smallest absolute Gasteiger partial charge is 0.275 e. The molecular weight excluding hydrogens is 306 g/mol. The lowest BCUT2D eigenvalue weighted by atomic mass is 10.1. The number of carbonyl (C=O) groups is 1. The zero-order valence-electron chi connectivity index (χ0n) is 14.5. The quantitative estimate of drug-likeness (QED) is 0.538. The van der Waals surface area contributed by atoms with Gasteiger partial charge in [-0.2, -0.15) is 0 Å². The van der Waals surface area contributed by atoms with E-state index in [2.05, 4.69) is 24.4 Å². The summed E-state index contributed by atoms with van der Waals surface area (Å²) in [6.07, 6.45) is 2.18. The van der Waals surface area contributed by atoms with Gasteiger partial charge in [-0.25, -0.2) is 0 Å². The number of benzene rings is 1. The van der Waals surface area contributed by atoms with Gasteiger partial charge < -0.3 is 24.6 Å². The Morgan fingerprint density at radius 3 is 2.67 bits per heavy atom. The highest BCUT2D eigenvalue weighted by Crippen LogP contribution is 2.32. The zero-order chi connectivity index (χ0) is 16.8. The molecule has 24 heavy (non-hydrogen) atoms. The minimum absolute atomic E-state index is 0.192. The number of hydrogen-bond donors (Lipinski definition) is 3. The lowest BCUT2D eigenvalue weighted by Gasteiger charge is -2.29. The van der Waals surface area contributed by atoms with E-state index in [-0.39, 0.29) is 5.91 Å². The van der Waals surface area contributed by atoms with Crippen LogP contribution in [0.1, 0.15) is 25.3 Å². The lowest BCUT2D eigenvalue weighted by Crippen LogP contribution is -3.28. The molecule has 0 aromatic heterocycles. The van der Waals surface area contributed by atoms with Gasteiger partial charge in [-0.15, -0.1) is 0 Å². The van der Waals surface area contributed by atoms with Gasteiger partial charge in [-0.3, -0.25) is 4.79 Å². The summed E-state index contributed by atoms with van der Waals surface area (Å²) < 4.78 is 10.8. The number of hydrogen-bond acceptors (Lipinski definition) is 3. The lowest BCUT2D eigenvalue weighted by molar-refractivity contribution is -1.02. The summed E-state index contributed by atoms with van der Waals surface area (Å²) in [6.45, 7) is 9.21. The average Bonchev–Trinajstić information content (AvgIpc) is 3.05. The first-order valence-corrected chi connectivity index (χ1v) is 9.07. The summed E-state index contributed by atoms with van der Waals surface area (Å²) in [4.78, 5) is 14.9. The molecule has 1 amide bonds. The van der Waals surface area contributed by atoms with Crippen molar-refractivity contribution in [2.45, 2.75) is 26.3 Å². The Balaban J connectivity index is 1.40. The molecule has 3 rings (SSSR count). The number of rotatable bonds is 7. The van der Waals surface area contributed by atoms with E-state index in [1.54, 1.807) is 4.90 Å². The van der Waals surface area contributed by atoms with Crippen molar-refractivity contribution in [3.63, 3.8) is 0 Å². The Morgan fingerprint density at radius 2 is 1.88 bits per heavy atom. The van der Waals surface area contributed by atoms with Gasteiger partial charge >= 0.3 is 0 Å². The van der Waals surface area contributed by atoms with E-state index < -0.39 is 0 Å². The second kappa shape index (κ2) is 8.35. The van der Waals surface area contributed by atoms with E-state index in [0.29, 0.717) is 13.3 Å². The van der Waals surface area contributed by atoms with Crippen LogP contribution in [0.5, 0.6) is 11.5 Å². The molecule has 1 aromatic carbocycles. The Morgan fingerprint density at radius 1 is 1.12 bits per heavy atom. The third kappa shape index (κ3) is 4.61. The summed E-state index contributed by atoms with van der Waals surface area (Å²) in [6, 6.07) is 6.22. The van der Waals surface area contributed by atoms with E-state index in [9.17, 15) is 4.79 Å². The summed E-state index contributed by atoms with van der Waals surface area (Å²) >= 11 is 0. The van der Waals surface area contributed by atoms with Gasteiger partial charge in [-0.1, -0.05) is 13.3 Å². The molecule has 0 aliphatic carbocycles. The Labute approximate surface area is 143 Å². The zero-order valence-corrected chi connectivity index (χ0v) is 14.5. The molecule has 2 aliphatic rings. The van der Waals surface area contributed by atoms with Crippen molar-refractivity contribution >= 4 is 5.91 Å². The highest BCUT2D eigenvalue weighted by atomic mass is 16.7. The minimum Gasteiger partial charge on any atom is -0.454 e. The molecule has 2 heterocycles. The number of fused-ring (bicyclic) bond motifs is 1. The van der Waals surface area contributed by atoms with Gasteiger partial charge in [0, 0.05) is 12.1 Å². The van der Waals surface area contributed by atoms with E-state index in [0.717, 1.165) is 63.6 Å². The van der Waals surface area contributed by atoms with Crippen molar-refractivity contribution in [1.82, 2.24) is 5.32 Å². The van der Waals surface area contributed by atoms with Gasteiger partial charge in [-0.05, 0) is 24.6 Å². The molecule has 6 nitrogen and oxygen atoms in total. The molecule has 1 aromatic rings. The maximum absolute atomic E-state index is 11.9.